The van der Waals surface area contributed by atoms with Crippen LogP contribution in [0.2, 0.25) is 0 Å². The molecular weight excluding hydrogens is 667 g/mol. The van der Waals surface area contributed by atoms with Gasteiger partial charge in [-0.3, -0.25) is 9.05 Å². The molecule has 4 aromatic rings. The number of hydrogen-bond acceptors (Lipinski definition) is 12. The van der Waals surface area contributed by atoms with Gasteiger partial charge in [0, 0.05) is 17.4 Å². The molecule has 0 saturated heterocycles. The molecule has 14 nitrogen and oxygen atoms in total. The highest BCUT2D eigenvalue weighted by atomic mass is 32.3. The number of phosphoric ester groups is 1. The second-order valence-corrected chi connectivity index (χ2v) is 18.6. The lowest BCUT2D eigenvalue weighted by molar-refractivity contribution is 0.0223. The molecule has 2 heterocycles. The molecule has 1 unspecified atom stereocenters. The van der Waals surface area contributed by atoms with Crippen molar-refractivity contribution in [3.05, 3.63) is 66.0 Å². The van der Waals surface area contributed by atoms with Gasteiger partial charge in [-0.25, -0.2) is 31.1 Å². The fraction of sp³-hybridized carbons (Fsp3) is 0.433. The predicted molar refractivity (Wildman–Crippen MR) is 180 cm³/mol. The van der Waals surface area contributed by atoms with Crippen LogP contribution in [0.3, 0.4) is 0 Å². The van der Waals surface area contributed by atoms with Crippen molar-refractivity contribution in [3.8, 4) is 5.75 Å². The van der Waals surface area contributed by atoms with Gasteiger partial charge in [0.25, 0.3) is 0 Å². The molecular formula is C30H39N6O8PS2. The van der Waals surface area contributed by atoms with Crippen molar-refractivity contribution in [1.82, 2.24) is 19.7 Å². The first-order chi connectivity index (χ1) is 21.6. The van der Waals surface area contributed by atoms with E-state index in [4.69, 9.17) is 18.6 Å². The van der Waals surface area contributed by atoms with E-state index in [9.17, 15) is 21.4 Å². The van der Waals surface area contributed by atoms with E-state index in [1.165, 1.54) is 24.3 Å². The van der Waals surface area contributed by atoms with Gasteiger partial charge in [0.1, 0.15) is 5.75 Å². The Labute approximate surface area is 275 Å². The van der Waals surface area contributed by atoms with Crippen LogP contribution in [0, 0.1) is 0 Å². The molecule has 0 aliphatic heterocycles. The van der Waals surface area contributed by atoms with Crippen LogP contribution in [0.25, 0.3) is 11.0 Å². The Kier molecular flexibility index (Phi) is 8.99. The molecule has 0 bridgehead atoms. The summed E-state index contributed by atoms with van der Waals surface area (Å²) in [6, 6.07) is 11.2. The van der Waals surface area contributed by atoms with Crippen molar-refractivity contribution in [2.75, 3.05) is 21.5 Å². The van der Waals surface area contributed by atoms with Crippen molar-refractivity contribution in [3.63, 3.8) is 0 Å². The molecule has 2 aromatic carbocycles. The summed E-state index contributed by atoms with van der Waals surface area (Å²) in [5.74, 6) is 0.675. The van der Waals surface area contributed by atoms with Gasteiger partial charge in [-0.1, -0.05) is 12.1 Å². The third-order valence-electron chi connectivity index (χ3n) is 6.74. The largest absolute Gasteiger partial charge is 0.531 e. The molecule has 17 heteroatoms. The van der Waals surface area contributed by atoms with Crippen LogP contribution in [-0.2, 0) is 40.1 Å². The molecule has 0 saturated carbocycles. The summed E-state index contributed by atoms with van der Waals surface area (Å²) in [7, 11) is -12.2. The summed E-state index contributed by atoms with van der Waals surface area (Å²) >= 11 is 0. The second-order valence-electron chi connectivity index (χ2n) is 13.3. The minimum Gasteiger partial charge on any atom is -0.404 e. The maximum absolute atomic E-state index is 13.9. The highest BCUT2D eigenvalue weighted by Crippen LogP contribution is 2.56. The number of nitrogens with one attached hydrogen (secondary N) is 1. The van der Waals surface area contributed by atoms with Crippen LogP contribution in [0.15, 0.2) is 54.9 Å². The zero-order valence-electron chi connectivity index (χ0n) is 27.5. The number of aromatic nitrogens is 4. The molecule has 0 radical (unpaired) electrons. The van der Waals surface area contributed by atoms with Crippen molar-refractivity contribution >= 4 is 56.2 Å². The molecule has 2 aromatic heterocycles. The van der Waals surface area contributed by atoms with Gasteiger partial charge in [0.15, 0.2) is 5.65 Å². The van der Waals surface area contributed by atoms with Crippen LogP contribution >= 0.6 is 7.82 Å². The molecule has 1 N–H and O–H groups in total. The number of rotatable bonds is 10. The summed E-state index contributed by atoms with van der Waals surface area (Å²) in [6.07, 6.45) is 6.27. The van der Waals surface area contributed by atoms with Crippen molar-refractivity contribution < 1.29 is 35.0 Å². The highest BCUT2D eigenvalue weighted by molar-refractivity contribution is 8.09. The van der Waals surface area contributed by atoms with Gasteiger partial charge < -0.3 is 9.84 Å². The van der Waals surface area contributed by atoms with Crippen LogP contribution in [0.1, 0.15) is 65.1 Å². The molecule has 1 aliphatic rings. The number of benzene rings is 2. The molecule has 0 amide bonds. The van der Waals surface area contributed by atoms with Crippen molar-refractivity contribution in [2.45, 2.75) is 71.6 Å². The van der Waals surface area contributed by atoms with Crippen molar-refractivity contribution in [2.24, 2.45) is 0 Å². The molecule has 5 rings (SSSR count). The monoisotopic (exact) mass is 706 g/mol. The second kappa shape index (κ2) is 12.2. The van der Waals surface area contributed by atoms with Gasteiger partial charge in [0.2, 0.25) is 26.0 Å². The normalized spacial score (nSPS) is 15.9. The van der Waals surface area contributed by atoms with Gasteiger partial charge in [0.05, 0.1) is 47.0 Å². The number of nitrogens with zero attached hydrogens (tertiary/aromatic N) is 5. The van der Waals surface area contributed by atoms with E-state index in [1.807, 2.05) is 16.8 Å². The topological polar surface area (TPSA) is 172 Å². The molecule has 47 heavy (non-hydrogen) atoms. The molecule has 254 valence electrons. The lowest BCUT2D eigenvalue weighted by Crippen LogP contribution is -2.35. The Bertz CT molecular complexity index is 2020. The molecule has 1 atom stereocenters. The smallest absolute Gasteiger partial charge is 0.404 e. The Morgan fingerprint density at radius 1 is 0.915 bits per heavy atom. The van der Waals surface area contributed by atoms with Gasteiger partial charge in [-0.15, -0.1) is 0 Å². The first-order valence-electron chi connectivity index (χ1n) is 14.7. The van der Waals surface area contributed by atoms with Crippen LogP contribution in [0.4, 0.5) is 17.3 Å². The maximum atomic E-state index is 13.9. The average molecular weight is 707 g/mol. The summed E-state index contributed by atoms with van der Waals surface area (Å²) < 4.78 is 82.3. The average Bonchev–Trinajstić information content (AvgIpc) is 3.50. The van der Waals surface area contributed by atoms with Crippen molar-refractivity contribution in [1.29, 1.82) is 0 Å². The van der Waals surface area contributed by atoms with E-state index < -0.39 is 39.1 Å². The Balaban J connectivity index is 1.42. The zero-order valence-corrected chi connectivity index (χ0v) is 30.0. The summed E-state index contributed by atoms with van der Waals surface area (Å²) in [5, 5.41) is 8.42. The first-order valence-corrected chi connectivity index (χ1v) is 19.9. The van der Waals surface area contributed by atoms with Crippen LogP contribution < -0.4 is 13.6 Å². The quantitative estimate of drug-likeness (QED) is 0.193. The van der Waals surface area contributed by atoms with E-state index in [-0.39, 0.29) is 17.7 Å². The van der Waals surface area contributed by atoms with E-state index in [2.05, 4.69) is 15.4 Å². The van der Waals surface area contributed by atoms with E-state index in [1.54, 1.807) is 60.0 Å². The fourth-order valence-electron chi connectivity index (χ4n) is 5.33. The number of sulfonamides is 2. The lowest BCUT2D eigenvalue weighted by Gasteiger charge is -2.31. The van der Waals surface area contributed by atoms with Crippen LogP contribution in [-0.4, -0.2) is 60.3 Å². The predicted octanol–water partition coefficient (Wildman–Crippen LogP) is 5.95. The minimum absolute atomic E-state index is 0.0236. The standard InChI is InChI=1S/C30H39N6O8PS2/c1-29(2,3)43-45(37,44-30(4,5)6)42-26-11-9-10-23-24(26)16-17-25(23)35-27-20(19-32-35)18-31-28(34-27)33-21-12-14-22(15-13-21)36(46(7,38)39)47(8,40)41/h9-15,18-19,25H,16-17H2,1-8H3,(H,31,33,34). The zero-order chi connectivity index (χ0) is 34.6. The Morgan fingerprint density at radius 2 is 1.53 bits per heavy atom. The number of anilines is 3. The molecule has 1 aliphatic carbocycles. The van der Waals surface area contributed by atoms with Gasteiger partial charge in [-0.05, 0) is 90.3 Å². The Hall–Kier alpha value is -3.56. The number of hydrogen-bond donors (Lipinski definition) is 1. The first kappa shape index (κ1) is 34.8. The SMILES string of the molecule is CC(C)(C)OP(=O)(Oc1cccc2c1CCC2n1ncc2cnc(Nc3ccc(N(S(C)(=O)=O)S(C)(=O)=O)cc3)nc21)OC(C)(C)C. The minimum atomic E-state index is -4.07. The van der Waals surface area contributed by atoms with Gasteiger partial charge in [-0.2, -0.15) is 13.8 Å². The third kappa shape index (κ3) is 8.12. The van der Waals surface area contributed by atoms with Gasteiger partial charge >= 0.3 is 7.82 Å². The fourth-order valence-corrected chi connectivity index (χ4v) is 10.2. The summed E-state index contributed by atoms with van der Waals surface area (Å²) in [6.45, 7) is 10.7. The number of phosphoric acid groups is 1. The van der Waals surface area contributed by atoms with E-state index in [0.717, 1.165) is 23.6 Å². The Morgan fingerprint density at radius 3 is 2.11 bits per heavy atom. The molecule has 0 fully saturated rings. The van der Waals surface area contributed by atoms with E-state index in [0.29, 0.717) is 39.0 Å². The third-order valence-corrected chi connectivity index (χ3v) is 12.0. The lowest BCUT2D eigenvalue weighted by atomic mass is 10.1. The maximum Gasteiger partial charge on any atom is 0.531 e. The summed E-state index contributed by atoms with van der Waals surface area (Å²) in [5.41, 5.74) is 1.31. The highest BCUT2D eigenvalue weighted by Gasteiger charge is 2.40. The molecule has 0 spiro atoms. The van der Waals surface area contributed by atoms with Crippen LogP contribution in [0.5, 0.6) is 5.75 Å². The van der Waals surface area contributed by atoms with E-state index >= 15 is 0 Å². The number of fused-ring (bicyclic) bond motifs is 2. The summed E-state index contributed by atoms with van der Waals surface area (Å²) in [4.78, 5) is 9.09.